The minimum atomic E-state index is -1.00. The van der Waals surface area contributed by atoms with Crippen molar-refractivity contribution in [1.29, 1.82) is 0 Å². The number of pyridine rings is 1. The number of rotatable bonds is 2. The van der Waals surface area contributed by atoms with Crippen molar-refractivity contribution in [2.45, 2.75) is 0 Å². The highest BCUT2D eigenvalue weighted by Crippen LogP contribution is 2.23. The summed E-state index contributed by atoms with van der Waals surface area (Å²) in [5.41, 5.74) is 0.964. The molecule has 0 atom stereocenters. The fourth-order valence-electron chi connectivity index (χ4n) is 1.02. The lowest BCUT2D eigenvalue weighted by molar-refractivity contribution is 0.0692. The number of carboxylic acid groups (broad SMARTS) is 1. The highest BCUT2D eigenvalue weighted by molar-refractivity contribution is 7.09. The summed E-state index contributed by atoms with van der Waals surface area (Å²) in [4.78, 5) is 15.3. The predicted octanol–water partition coefficient (Wildman–Crippen LogP) is 1.90. The van der Waals surface area contributed by atoms with E-state index in [-0.39, 0.29) is 5.69 Å². The number of aromatic carboxylic acids is 1. The first-order valence-corrected chi connectivity index (χ1v) is 4.65. The van der Waals surface area contributed by atoms with Crippen molar-refractivity contribution in [3.05, 3.63) is 36.3 Å². The monoisotopic (exact) mass is 206 g/mol. The van der Waals surface area contributed by atoms with Gasteiger partial charge in [0.1, 0.15) is 0 Å². The SMILES string of the molecule is O=C(O)c1cc(-c2cccnc2)sn1. The van der Waals surface area contributed by atoms with E-state index in [2.05, 4.69) is 9.36 Å². The topological polar surface area (TPSA) is 63.1 Å². The molecule has 2 aromatic rings. The van der Waals surface area contributed by atoms with Gasteiger partial charge in [-0.05, 0) is 23.7 Å². The Morgan fingerprint density at radius 3 is 2.93 bits per heavy atom. The average Bonchev–Trinajstić information content (AvgIpc) is 2.68. The minimum Gasteiger partial charge on any atom is -0.476 e. The number of hydrogen-bond donors (Lipinski definition) is 1. The van der Waals surface area contributed by atoms with Gasteiger partial charge in [-0.2, -0.15) is 4.37 Å². The van der Waals surface area contributed by atoms with Gasteiger partial charge in [-0.1, -0.05) is 6.07 Å². The van der Waals surface area contributed by atoms with Crippen LogP contribution in [0.2, 0.25) is 0 Å². The molecule has 2 rings (SSSR count). The van der Waals surface area contributed by atoms with Crippen LogP contribution in [-0.4, -0.2) is 20.4 Å². The predicted molar refractivity (Wildman–Crippen MR) is 52.3 cm³/mol. The van der Waals surface area contributed by atoms with E-state index in [9.17, 15) is 4.79 Å². The highest BCUT2D eigenvalue weighted by Gasteiger charge is 2.09. The maximum Gasteiger partial charge on any atom is 0.355 e. The molecule has 0 saturated heterocycles. The maximum atomic E-state index is 10.6. The lowest BCUT2D eigenvalue weighted by atomic mass is 10.2. The number of nitrogens with zero attached hydrogens (tertiary/aromatic N) is 2. The first-order chi connectivity index (χ1) is 6.77. The third kappa shape index (κ3) is 1.62. The molecule has 0 bridgehead atoms. The van der Waals surface area contributed by atoms with Gasteiger partial charge in [-0.15, -0.1) is 0 Å². The molecule has 14 heavy (non-hydrogen) atoms. The molecule has 5 heteroatoms. The van der Waals surface area contributed by atoms with Crippen LogP contribution in [-0.2, 0) is 0 Å². The van der Waals surface area contributed by atoms with Crippen LogP contribution >= 0.6 is 11.5 Å². The minimum absolute atomic E-state index is 0.0776. The molecular weight excluding hydrogens is 200 g/mol. The lowest BCUT2D eigenvalue weighted by Gasteiger charge is -1.91. The fraction of sp³-hybridized carbons (Fsp3) is 0. The summed E-state index contributed by atoms with van der Waals surface area (Å²) in [6, 6.07) is 5.21. The van der Waals surface area contributed by atoms with Gasteiger partial charge in [-0.3, -0.25) is 4.98 Å². The molecule has 0 aromatic carbocycles. The zero-order chi connectivity index (χ0) is 9.97. The Morgan fingerprint density at radius 2 is 2.36 bits per heavy atom. The van der Waals surface area contributed by atoms with E-state index in [1.54, 1.807) is 24.5 Å². The second-order valence-electron chi connectivity index (χ2n) is 2.62. The van der Waals surface area contributed by atoms with Gasteiger partial charge in [0, 0.05) is 18.0 Å². The first-order valence-electron chi connectivity index (χ1n) is 3.88. The summed E-state index contributed by atoms with van der Waals surface area (Å²) in [5.74, 6) is -1.00. The molecule has 2 aromatic heterocycles. The average molecular weight is 206 g/mol. The van der Waals surface area contributed by atoms with Crippen LogP contribution in [0.25, 0.3) is 10.4 Å². The molecule has 0 radical (unpaired) electrons. The number of carboxylic acids is 1. The molecule has 1 N–H and O–H groups in total. The van der Waals surface area contributed by atoms with E-state index in [0.29, 0.717) is 0 Å². The molecule has 4 nitrogen and oxygen atoms in total. The normalized spacial score (nSPS) is 10.0. The fourth-order valence-corrected chi connectivity index (χ4v) is 1.74. The van der Waals surface area contributed by atoms with Crippen LogP contribution in [0.3, 0.4) is 0 Å². The van der Waals surface area contributed by atoms with Crippen molar-refractivity contribution in [3.8, 4) is 10.4 Å². The van der Waals surface area contributed by atoms with Crippen LogP contribution in [0.4, 0.5) is 0 Å². The summed E-state index contributed by atoms with van der Waals surface area (Å²) in [7, 11) is 0. The lowest BCUT2D eigenvalue weighted by Crippen LogP contribution is -1.94. The van der Waals surface area contributed by atoms with Crippen LogP contribution < -0.4 is 0 Å². The molecule has 0 saturated carbocycles. The van der Waals surface area contributed by atoms with E-state index in [1.165, 1.54) is 0 Å². The van der Waals surface area contributed by atoms with Crippen molar-refractivity contribution in [3.63, 3.8) is 0 Å². The van der Waals surface area contributed by atoms with Crippen LogP contribution in [0.15, 0.2) is 30.6 Å². The number of carbonyl (C=O) groups is 1. The summed E-state index contributed by atoms with van der Waals surface area (Å²) in [5, 5.41) is 8.67. The van der Waals surface area contributed by atoms with Gasteiger partial charge in [0.25, 0.3) is 0 Å². The van der Waals surface area contributed by atoms with Gasteiger partial charge >= 0.3 is 5.97 Å². The molecule has 0 spiro atoms. The van der Waals surface area contributed by atoms with Crippen molar-refractivity contribution < 1.29 is 9.90 Å². The largest absolute Gasteiger partial charge is 0.476 e. The standard InChI is InChI=1S/C9H6N2O2S/c12-9(13)7-4-8(14-11-7)6-2-1-3-10-5-6/h1-5H,(H,12,13). The molecule has 0 aliphatic rings. The molecular formula is C9H6N2O2S. The Kier molecular flexibility index (Phi) is 2.24. The van der Waals surface area contributed by atoms with Crippen molar-refractivity contribution >= 4 is 17.5 Å². The van der Waals surface area contributed by atoms with E-state index >= 15 is 0 Å². The third-order valence-electron chi connectivity index (χ3n) is 1.68. The maximum absolute atomic E-state index is 10.6. The smallest absolute Gasteiger partial charge is 0.355 e. The number of aromatic nitrogens is 2. The Labute approximate surface area is 84.0 Å². The molecule has 70 valence electrons. The highest BCUT2D eigenvalue weighted by atomic mass is 32.1. The molecule has 0 aliphatic heterocycles. The van der Waals surface area contributed by atoms with Gasteiger partial charge in [0.05, 0.1) is 4.88 Å². The van der Waals surface area contributed by atoms with Gasteiger partial charge < -0.3 is 5.11 Å². The van der Waals surface area contributed by atoms with Gasteiger partial charge in [-0.25, -0.2) is 4.79 Å². The van der Waals surface area contributed by atoms with E-state index in [1.807, 2.05) is 6.07 Å². The number of hydrogen-bond acceptors (Lipinski definition) is 4. The second kappa shape index (κ2) is 3.55. The zero-order valence-corrected chi connectivity index (χ0v) is 7.86. The second-order valence-corrected chi connectivity index (χ2v) is 3.43. The Morgan fingerprint density at radius 1 is 1.50 bits per heavy atom. The summed E-state index contributed by atoms with van der Waals surface area (Å²) in [6.07, 6.45) is 3.35. The van der Waals surface area contributed by atoms with E-state index in [0.717, 1.165) is 22.0 Å². The van der Waals surface area contributed by atoms with Gasteiger partial charge in [0.15, 0.2) is 5.69 Å². The molecule has 0 aliphatic carbocycles. The Balaban J connectivity index is 2.39. The molecule has 0 unspecified atom stereocenters. The molecule has 0 amide bonds. The molecule has 2 heterocycles. The van der Waals surface area contributed by atoms with Crippen LogP contribution in [0, 0.1) is 0 Å². The summed E-state index contributed by atoms with van der Waals surface area (Å²) < 4.78 is 3.81. The summed E-state index contributed by atoms with van der Waals surface area (Å²) >= 11 is 1.16. The van der Waals surface area contributed by atoms with Crippen molar-refractivity contribution in [1.82, 2.24) is 9.36 Å². The quantitative estimate of drug-likeness (QED) is 0.815. The van der Waals surface area contributed by atoms with E-state index in [4.69, 9.17) is 5.11 Å². The van der Waals surface area contributed by atoms with E-state index < -0.39 is 5.97 Å². The first kappa shape index (κ1) is 8.83. The Hall–Kier alpha value is -1.75. The van der Waals surface area contributed by atoms with Gasteiger partial charge in [0.2, 0.25) is 0 Å². The third-order valence-corrected chi connectivity index (χ3v) is 2.51. The van der Waals surface area contributed by atoms with Crippen LogP contribution in [0.1, 0.15) is 10.5 Å². The Bertz CT molecular complexity index is 453. The molecule has 0 fully saturated rings. The summed E-state index contributed by atoms with van der Waals surface area (Å²) in [6.45, 7) is 0. The van der Waals surface area contributed by atoms with Crippen LogP contribution in [0.5, 0.6) is 0 Å². The van der Waals surface area contributed by atoms with Crippen molar-refractivity contribution in [2.75, 3.05) is 0 Å². The van der Waals surface area contributed by atoms with Crippen molar-refractivity contribution in [2.24, 2.45) is 0 Å². The zero-order valence-electron chi connectivity index (χ0n) is 7.04.